The van der Waals surface area contributed by atoms with Gasteiger partial charge in [0, 0.05) is 53.8 Å². The highest BCUT2D eigenvalue weighted by Gasteiger charge is 2.56. The summed E-state index contributed by atoms with van der Waals surface area (Å²) >= 11 is 3.22. The van der Waals surface area contributed by atoms with Gasteiger partial charge < -0.3 is 19.7 Å². The van der Waals surface area contributed by atoms with E-state index in [-0.39, 0.29) is 75.6 Å². The second-order valence-corrected chi connectivity index (χ2v) is 11.5. The molecular weight excluding hydrogens is 598 g/mol. The van der Waals surface area contributed by atoms with Gasteiger partial charge in [-0.15, -0.1) is 0 Å². The fraction of sp³-hybridized carbons (Fsp3) is 0.433. The number of ether oxygens (including phenoxy) is 2. The lowest BCUT2D eigenvalue weighted by atomic mass is 9.59. The zero-order chi connectivity index (χ0) is 29.6. The minimum absolute atomic E-state index is 0.0300. The number of aromatic hydroxyl groups is 1. The van der Waals surface area contributed by atoms with Gasteiger partial charge in [-0.05, 0) is 47.5 Å². The Hall–Kier alpha value is -3.73. The number of benzene rings is 1. The summed E-state index contributed by atoms with van der Waals surface area (Å²) in [5.74, 6) is -4.38. The van der Waals surface area contributed by atoms with Gasteiger partial charge in [-0.25, -0.2) is 0 Å². The molecule has 10 nitrogen and oxygen atoms in total. The van der Waals surface area contributed by atoms with Gasteiger partial charge in [-0.3, -0.25) is 28.9 Å². The van der Waals surface area contributed by atoms with Crippen LogP contribution in [0.25, 0.3) is 0 Å². The molecule has 216 valence electrons. The fourth-order valence-corrected chi connectivity index (χ4v) is 7.20. The van der Waals surface area contributed by atoms with Crippen LogP contribution in [0.15, 0.2) is 45.5 Å². The second-order valence-electron chi connectivity index (χ2n) is 10.7. The highest BCUT2D eigenvalue weighted by Crippen LogP contribution is 2.58. The number of hydrogen-bond acceptors (Lipinski definition) is 8. The molecule has 0 spiro atoms. The van der Waals surface area contributed by atoms with Crippen LogP contribution in [-0.4, -0.2) is 65.2 Å². The van der Waals surface area contributed by atoms with E-state index < -0.39 is 29.6 Å². The largest absolute Gasteiger partial charge is 0.508 e. The third-order valence-corrected chi connectivity index (χ3v) is 9.10. The number of likely N-dealkylation sites (tertiary alicyclic amines) is 1. The number of methoxy groups -OCH3 is 2. The van der Waals surface area contributed by atoms with E-state index in [0.29, 0.717) is 31.2 Å². The maximum atomic E-state index is 13.8. The Bertz CT molecular complexity index is 1430. The number of aliphatic carboxylic acids is 1. The van der Waals surface area contributed by atoms with Crippen molar-refractivity contribution in [1.29, 1.82) is 0 Å². The van der Waals surface area contributed by atoms with Crippen LogP contribution in [0.2, 0.25) is 0 Å². The summed E-state index contributed by atoms with van der Waals surface area (Å²) in [5, 5.41) is 19.1. The minimum Gasteiger partial charge on any atom is -0.508 e. The van der Waals surface area contributed by atoms with Crippen LogP contribution in [0.3, 0.4) is 0 Å². The number of unbranched alkanes of at least 4 members (excludes halogenated alkanes) is 2. The molecule has 5 rings (SSSR count). The van der Waals surface area contributed by atoms with Gasteiger partial charge in [0.15, 0.2) is 11.6 Å². The second kappa shape index (κ2) is 11.3. The first-order valence-corrected chi connectivity index (χ1v) is 14.3. The van der Waals surface area contributed by atoms with Crippen molar-refractivity contribution in [3.63, 3.8) is 0 Å². The number of nitrogens with zero attached hydrogens (tertiary/aromatic N) is 1. The average Bonchev–Trinajstić information content (AvgIpc) is 3.18. The van der Waals surface area contributed by atoms with E-state index in [1.54, 1.807) is 0 Å². The molecule has 4 aliphatic rings. The number of rotatable bonds is 9. The summed E-state index contributed by atoms with van der Waals surface area (Å²) in [7, 11) is 2.85. The number of carboxylic acids is 1. The highest BCUT2D eigenvalue weighted by molar-refractivity contribution is 9.12. The van der Waals surface area contributed by atoms with Crippen LogP contribution in [0.4, 0.5) is 0 Å². The van der Waals surface area contributed by atoms with Crippen molar-refractivity contribution >= 4 is 45.3 Å². The maximum Gasteiger partial charge on any atom is 0.303 e. The third kappa shape index (κ3) is 4.90. The van der Waals surface area contributed by atoms with Crippen molar-refractivity contribution in [2.45, 2.75) is 44.4 Å². The number of phenolic OH excluding ortho intramolecular Hbond substituents is 1. The van der Waals surface area contributed by atoms with Gasteiger partial charge in [0.05, 0.1) is 30.5 Å². The molecule has 11 heteroatoms. The van der Waals surface area contributed by atoms with E-state index in [2.05, 4.69) is 15.9 Å². The van der Waals surface area contributed by atoms with Crippen molar-refractivity contribution < 1.29 is 43.7 Å². The number of carbonyl (C=O) groups is 5. The van der Waals surface area contributed by atoms with Gasteiger partial charge in [0.25, 0.3) is 0 Å². The molecule has 0 saturated carbocycles. The molecule has 1 saturated heterocycles. The molecule has 41 heavy (non-hydrogen) atoms. The summed E-state index contributed by atoms with van der Waals surface area (Å²) in [6, 6.07) is 2.82. The minimum atomic E-state index is -0.886. The first kappa shape index (κ1) is 28.8. The standard InChI is InChI=1S/C30H30BrNO9/c1-40-21-10-14(33)11-22(41-2)27(21)26-15-7-8-16-24(17(15)12-18-25(26)20(34)13-19(31)28(18)37)30(39)32(29(16)38)9-5-3-4-6-23(35)36/h7,10-11,13,16-17,24,26,33H,3-6,8-9,12H2,1-2H3,(H,35,36)/t16-,17+,24-,26-/m0/s1. The number of Topliss-reactive ketones (excluding diaryl/α,β-unsaturated/α-hetero) is 1. The monoisotopic (exact) mass is 627 g/mol. The molecule has 0 aromatic heterocycles. The van der Waals surface area contributed by atoms with E-state index >= 15 is 0 Å². The lowest BCUT2D eigenvalue weighted by Gasteiger charge is -2.42. The van der Waals surface area contributed by atoms with Crippen molar-refractivity contribution in [3.05, 3.63) is 51.0 Å². The Morgan fingerprint density at radius 1 is 1.02 bits per heavy atom. The zero-order valence-electron chi connectivity index (χ0n) is 22.6. The van der Waals surface area contributed by atoms with E-state index in [1.807, 2.05) is 6.08 Å². The molecule has 1 aliphatic heterocycles. The lowest BCUT2D eigenvalue weighted by molar-refractivity contribution is -0.141. The molecule has 1 aromatic rings. The molecule has 4 atom stereocenters. The van der Waals surface area contributed by atoms with Crippen molar-refractivity contribution in [3.8, 4) is 17.2 Å². The van der Waals surface area contributed by atoms with Crippen molar-refractivity contribution in [1.82, 2.24) is 4.90 Å². The molecule has 1 fully saturated rings. The Kier molecular flexibility index (Phi) is 7.91. The van der Waals surface area contributed by atoms with Gasteiger partial charge in [0.2, 0.25) is 11.8 Å². The molecule has 2 amide bonds. The quantitative estimate of drug-likeness (QED) is 0.180. The van der Waals surface area contributed by atoms with Crippen LogP contribution >= 0.6 is 15.9 Å². The SMILES string of the molecule is COc1cc(O)cc(OC)c1[C@H]1C2=CC[C@@H]3C(=O)N(CCCCCC(=O)O)C(=O)[C@@H]3[C@@H]2CC2=C1C(=O)C=C(Br)C2=O. The number of phenols is 1. The number of hydrogen-bond donors (Lipinski definition) is 2. The number of carboxylic acid groups (broad SMARTS) is 1. The number of ketones is 2. The normalized spacial score (nSPS) is 25.4. The number of fused-ring (bicyclic) bond motifs is 3. The summed E-state index contributed by atoms with van der Waals surface area (Å²) in [6.45, 7) is 0.203. The zero-order valence-corrected chi connectivity index (χ0v) is 24.2. The van der Waals surface area contributed by atoms with Crippen LogP contribution in [0.1, 0.15) is 50.0 Å². The number of allylic oxidation sites excluding steroid dienone is 6. The number of amides is 2. The lowest BCUT2D eigenvalue weighted by Crippen LogP contribution is -2.40. The first-order valence-electron chi connectivity index (χ1n) is 13.5. The molecule has 2 N–H and O–H groups in total. The van der Waals surface area contributed by atoms with Gasteiger partial charge >= 0.3 is 5.97 Å². The summed E-state index contributed by atoms with van der Waals surface area (Å²) in [6.07, 6.45) is 5.12. The molecule has 3 aliphatic carbocycles. The number of carbonyl (C=O) groups excluding carboxylic acids is 4. The Labute approximate surface area is 244 Å². The van der Waals surface area contributed by atoms with E-state index in [1.165, 1.54) is 37.3 Å². The topological polar surface area (TPSA) is 148 Å². The van der Waals surface area contributed by atoms with Crippen molar-refractivity contribution in [2.75, 3.05) is 20.8 Å². The number of halogens is 1. The van der Waals surface area contributed by atoms with E-state index in [4.69, 9.17) is 14.6 Å². The van der Waals surface area contributed by atoms with E-state index in [0.717, 1.165) is 5.57 Å². The van der Waals surface area contributed by atoms with E-state index in [9.17, 15) is 29.1 Å². The first-order chi connectivity index (χ1) is 19.6. The average molecular weight is 628 g/mol. The summed E-state index contributed by atoms with van der Waals surface area (Å²) < 4.78 is 11.3. The predicted octanol–water partition coefficient (Wildman–Crippen LogP) is 3.82. The molecule has 0 unspecified atom stereocenters. The molecule has 0 bridgehead atoms. The van der Waals surface area contributed by atoms with Crippen LogP contribution < -0.4 is 9.47 Å². The molecule has 1 heterocycles. The maximum absolute atomic E-state index is 13.8. The summed E-state index contributed by atoms with van der Waals surface area (Å²) in [4.78, 5) is 66.2. The summed E-state index contributed by atoms with van der Waals surface area (Å²) in [5.41, 5.74) is 1.74. The molecular formula is C30H30BrNO9. The van der Waals surface area contributed by atoms with Crippen LogP contribution in [-0.2, 0) is 24.0 Å². The van der Waals surface area contributed by atoms with Gasteiger partial charge in [-0.2, -0.15) is 0 Å². The van der Waals surface area contributed by atoms with Gasteiger partial charge in [0.1, 0.15) is 17.2 Å². The molecule has 0 radical (unpaired) electrons. The fourth-order valence-electron chi connectivity index (χ4n) is 6.76. The predicted molar refractivity (Wildman–Crippen MR) is 149 cm³/mol. The van der Waals surface area contributed by atoms with Crippen molar-refractivity contribution in [2.24, 2.45) is 17.8 Å². The smallest absolute Gasteiger partial charge is 0.303 e. The Morgan fingerprint density at radius 2 is 1.71 bits per heavy atom. The highest BCUT2D eigenvalue weighted by atomic mass is 79.9. The van der Waals surface area contributed by atoms with Gasteiger partial charge in [-0.1, -0.05) is 18.1 Å². The number of imide groups is 1. The van der Waals surface area contributed by atoms with Crippen LogP contribution in [0, 0.1) is 17.8 Å². The van der Waals surface area contributed by atoms with Crippen LogP contribution in [0.5, 0.6) is 17.2 Å². The Morgan fingerprint density at radius 3 is 2.34 bits per heavy atom. The third-order valence-electron chi connectivity index (χ3n) is 8.51. The molecule has 1 aromatic carbocycles. The Balaban J connectivity index is 1.57.